The number of H-pyrrole nitrogens is 1. The summed E-state index contributed by atoms with van der Waals surface area (Å²) in [5.41, 5.74) is 8.38. The summed E-state index contributed by atoms with van der Waals surface area (Å²) >= 11 is 6.32. The van der Waals surface area contributed by atoms with E-state index < -0.39 is 0 Å². The molecule has 31 heavy (non-hydrogen) atoms. The van der Waals surface area contributed by atoms with E-state index in [1.54, 1.807) is 12.1 Å². The first kappa shape index (κ1) is 20.5. The van der Waals surface area contributed by atoms with Crippen LogP contribution in [-0.2, 0) is 16.1 Å². The molecule has 4 rings (SSSR count). The Bertz CT molecular complexity index is 1260. The zero-order valence-electron chi connectivity index (χ0n) is 16.3. The normalized spacial score (nSPS) is 10.9. The van der Waals surface area contributed by atoms with Gasteiger partial charge in [0.2, 0.25) is 5.91 Å². The van der Waals surface area contributed by atoms with E-state index in [1.807, 2.05) is 30.3 Å². The molecular formula is C22H18ClN5O3. The second-order valence-corrected chi connectivity index (χ2v) is 7.14. The average Bonchev–Trinajstić information content (AvgIpc) is 3.20. The highest BCUT2D eigenvalue weighted by atomic mass is 35.5. The Morgan fingerprint density at radius 1 is 1.10 bits per heavy atom. The first-order chi connectivity index (χ1) is 15.0. The van der Waals surface area contributed by atoms with E-state index in [4.69, 9.17) is 22.1 Å². The maximum atomic E-state index is 13.0. The Hall–Kier alpha value is -3.75. The summed E-state index contributed by atoms with van der Waals surface area (Å²) in [5, 5.41) is 3.34. The number of amides is 1. The molecule has 9 heteroatoms. The van der Waals surface area contributed by atoms with Gasteiger partial charge in [0.15, 0.2) is 5.78 Å². The molecule has 0 saturated heterocycles. The van der Waals surface area contributed by atoms with Gasteiger partial charge in [-0.2, -0.15) is 0 Å². The van der Waals surface area contributed by atoms with Crippen LogP contribution in [0.15, 0.2) is 61.1 Å². The number of nitrogens with two attached hydrogens (primary N) is 1. The number of halogens is 1. The zero-order chi connectivity index (χ0) is 21.8. The van der Waals surface area contributed by atoms with Gasteiger partial charge in [0, 0.05) is 17.4 Å². The molecule has 0 aliphatic heterocycles. The van der Waals surface area contributed by atoms with E-state index in [0.717, 1.165) is 5.56 Å². The number of rotatable bonds is 7. The molecule has 1 amide bonds. The van der Waals surface area contributed by atoms with Gasteiger partial charge in [0.05, 0.1) is 22.6 Å². The van der Waals surface area contributed by atoms with Crippen LogP contribution in [0.3, 0.4) is 0 Å². The number of nitrogen functional groups attached to an aromatic ring is 1. The lowest BCUT2D eigenvalue weighted by Crippen LogP contribution is -2.18. The van der Waals surface area contributed by atoms with Gasteiger partial charge in [0.25, 0.3) is 0 Å². The molecule has 156 valence electrons. The fraction of sp³-hybridized carbons (Fsp3) is 0.0909. The molecule has 0 bridgehead atoms. The Morgan fingerprint density at radius 2 is 1.90 bits per heavy atom. The van der Waals surface area contributed by atoms with Gasteiger partial charge in [-0.15, -0.1) is 0 Å². The van der Waals surface area contributed by atoms with Gasteiger partial charge in [-0.3, -0.25) is 9.59 Å². The number of aromatic amines is 1. The van der Waals surface area contributed by atoms with Crippen LogP contribution in [0, 0.1) is 0 Å². The standard InChI is InChI=1S/C22H18ClN5O3/c23-17-8-14(28-18(29)11-31-10-13-4-2-1-3-5-13)6-7-15(17)20(30)16-9-25-22-19(16)21(24)26-12-27-22/h1-9,12H,10-11H2,(H,28,29)(H3,24,25,26,27). The van der Waals surface area contributed by atoms with Crippen LogP contribution < -0.4 is 11.1 Å². The average molecular weight is 436 g/mol. The molecule has 0 atom stereocenters. The highest BCUT2D eigenvalue weighted by molar-refractivity contribution is 6.36. The minimum absolute atomic E-state index is 0.109. The van der Waals surface area contributed by atoms with E-state index in [1.165, 1.54) is 18.6 Å². The molecule has 0 unspecified atom stereocenters. The van der Waals surface area contributed by atoms with Crippen LogP contribution in [0.5, 0.6) is 0 Å². The van der Waals surface area contributed by atoms with E-state index in [-0.39, 0.29) is 34.7 Å². The lowest BCUT2D eigenvalue weighted by molar-refractivity contribution is -0.121. The first-order valence-electron chi connectivity index (χ1n) is 9.36. The number of carbonyl (C=O) groups is 2. The van der Waals surface area contributed by atoms with Gasteiger partial charge in [-0.1, -0.05) is 41.9 Å². The Labute approximate surface area is 182 Å². The Morgan fingerprint density at radius 3 is 2.68 bits per heavy atom. The quantitative estimate of drug-likeness (QED) is 0.381. The molecule has 0 spiro atoms. The van der Waals surface area contributed by atoms with Crippen molar-refractivity contribution < 1.29 is 14.3 Å². The van der Waals surface area contributed by atoms with Crippen LogP contribution in [0.2, 0.25) is 5.02 Å². The summed E-state index contributed by atoms with van der Waals surface area (Å²) in [6.07, 6.45) is 2.84. The second kappa shape index (κ2) is 8.95. The number of nitrogens with zero attached hydrogens (tertiary/aromatic N) is 2. The van der Waals surface area contributed by atoms with Crippen LogP contribution in [0.25, 0.3) is 11.0 Å². The largest absolute Gasteiger partial charge is 0.383 e. The van der Waals surface area contributed by atoms with E-state index >= 15 is 0 Å². The van der Waals surface area contributed by atoms with Crippen LogP contribution in [0.4, 0.5) is 11.5 Å². The number of carbonyl (C=O) groups excluding carboxylic acids is 2. The maximum Gasteiger partial charge on any atom is 0.250 e. The van der Waals surface area contributed by atoms with Crippen molar-refractivity contribution in [2.75, 3.05) is 17.7 Å². The lowest BCUT2D eigenvalue weighted by Gasteiger charge is -2.09. The summed E-state index contributed by atoms with van der Waals surface area (Å²) in [7, 11) is 0. The number of benzene rings is 2. The molecule has 2 aromatic heterocycles. The Kier molecular flexibility index (Phi) is 5.92. The molecule has 8 nitrogen and oxygen atoms in total. The number of nitrogens with one attached hydrogen (secondary N) is 2. The number of fused-ring (bicyclic) bond motifs is 1. The van der Waals surface area contributed by atoms with Gasteiger partial charge in [-0.25, -0.2) is 9.97 Å². The van der Waals surface area contributed by atoms with Gasteiger partial charge < -0.3 is 20.8 Å². The monoisotopic (exact) mass is 435 g/mol. The molecular weight excluding hydrogens is 418 g/mol. The molecule has 0 fully saturated rings. The molecule has 0 radical (unpaired) electrons. The van der Waals surface area contributed by atoms with Gasteiger partial charge >= 0.3 is 0 Å². The zero-order valence-corrected chi connectivity index (χ0v) is 17.0. The summed E-state index contributed by atoms with van der Waals surface area (Å²) in [4.78, 5) is 36.0. The third-order valence-electron chi connectivity index (χ3n) is 4.59. The van der Waals surface area contributed by atoms with Crippen LogP contribution in [-0.4, -0.2) is 33.2 Å². The number of ether oxygens (including phenoxy) is 1. The third kappa shape index (κ3) is 4.55. The maximum absolute atomic E-state index is 13.0. The summed E-state index contributed by atoms with van der Waals surface area (Å²) in [6.45, 7) is 0.224. The molecule has 0 saturated carbocycles. The van der Waals surface area contributed by atoms with Crippen molar-refractivity contribution >= 4 is 45.8 Å². The molecule has 2 heterocycles. The van der Waals surface area contributed by atoms with Gasteiger partial charge in [0.1, 0.15) is 24.4 Å². The topological polar surface area (TPSA) is 123 Å². The minimum Gasteiger partial charge on any atom is -0.383 e. The van der Waals surface area contributed by atoms with E-state index in [0.29, 0.717) is 28.9 Å². The van der Waals surface area contributed by atoms with Crippen molar-refractivity contribution in [1.29, 1.82) is 0 Å². The summed E-state index contributed by atoms with van der Waals surface area (Å²) in [5.74, 6) is -0.459. The molecule has 0 aliphatic rings. The van der Waals surface area contributed by atoms with Crippen molar-refractivity contribution in [3.8, 4) is 0 Å². The molecule has 2 aromatic carbocycles. The number of hydrogen-bond acceptors (Lipinski definition) is 6. The molecule has 0 aliphatic carbocycles. The number of aromatic nitrogens is 3. The smallest absolute Gasteiger partial charge is 0.250 e. The van der Waals surface area contributed by atoms with Crippen molar-refractivity contribution in [2.24, 2.45) is 0 Å². The van der Waals surface area contributed by atoms with Crippen LogP contribution >= 0.6 is 11.6 Å². The van der Waals surface area contributed by atoms with E-state index in [9.17, 15) is 9.59 Å². The minimum atomic E-state index is -0.332. The summed E-state index contributed by atoms with van der Waals surface area (Å²) in [6, 6.07) is 14.2. The highest BCUT2D eigenvalue weighted by Gasteiger charge is 2.20. The van der Waals surface area contributed by atoms with Crippen molar-refractivity contribution in [3.05, 3.63) is 82.8 Å². The number of anilines is 2. The first-order valence-corrected chi connectivity index (χ1v) is 9.74. The molecule has 4 N–H and O–H groups in total. The van der Waals surface area contributed by atoms with E-state index in [2.05, 4.69) is 20.3 Å². The fourth-order valence-corrected chi connectivity index (χ4v) is 3.39. The lowest BCUT2D eigenvalue weighted by atomic mass is 10.0. The number of ketones is 1. The second-order valence-electron chi connectivity index (χ2n) is 6.74. The highest BCUT2D eigenvalue weighted by Crippen LogP contribution is 2.28. The van der Waals surface area contributed by atoms with Crippen molar-refractivity contribution in [2.45, 2.75) is 6.61 Å². The Balaban J connectivity index is 1.43. The fourth-order valence-electron chi connectivity index (χ4n) is 3.12. The van der Waals surface area contributed by atoms with Crippen molar-refractivity contribution in [3.63, 3.8) is 0 Å². The van der Waals surface area contributed by atoms with Gasteiger partial charge in [-0.05, 0) is 23.8 Å². The van der Waals surface area contributed by atoms with Crippen LogP contribution in [0.1, 0.15) is 21.5 Å². The predicted octanol–water partition coefficient (Wildman–Crippen LogP) is 3.58. The summed E-state index contributed by atoms with van der Waals surface area (Å²) < 4.78 is 5.42. The molecule has 4 aromatic rings. The predicted molar refractivity (Wildman–Crippen MR) is 118 cm³/mol. The van der Waals surface area contributed by atoms with Crippen molar-refractivity contribution in [1.82, 2.24) is 15.0 Å². The third-order valence-corrected chi connectivity index (χ3v) is 4.90. The number of hydrogen-bond donors (Lipinski definition) is 3. The SMILES string of the molecule is Nc1ncnc2[nH]cc(C(=O)c3ccc(NC(=O)COCc4ccccc4)cc3Cl)c12.